The maximum Gasteiger partial charge on any atom is 0.143 e. The number of benzene rings is 1. The third kappa shape index (κ3) is 4.50. The lowest BCUT2D eigenvalue weighted by atomic mass is 10.2. The average Bonchev–Trinajstić information content (AvgIpc) is 2.39. The molecular weight excluding hydrogens is 270 g/mol. The number of anilines is 1. The van der Waals surface area contributed by atoms with Crippen LogP contribution in [0.25, 0.3) is 0 Å². The molecule has 5 heteroatoms. The molecule has 1 rings (SSSR count). The number of methoxy groups -OCH3 is 2. The van der Waals surface area contributed by atoms with Gasteiger partial charge in [-0.25, -0.2) is 0 Å². The van der Waals surface area contributed by atoms with Crippen LogP contribution in [0.1, 0.15) is 13.3 Å². The van der Waals surface area contributed by atoms with E-state index in [0.717, 1.165) is 35.9 Å². The molecule has 0 bridgehead atoms. The van der Waals surface area contributed by atoms with Crippen molar-refractivity contribution in [3.05, 3.63) is 17.2 Å². The maximum absolute atomic E-state index is 6.05. The molecule has 0 atom stereocenters. The molecule has 0 radical (unpaired) electrons. The summed E-state index contributed by atoms with van der Waals surface area (Å²) in [6.45, 7) is 3.08. The van der Waals surface area contributed by atoms with Crippen molar-refractivity contribution >= 4 is 29.1 Å². The largest absolute Gasteiger partial charge is 0.495 e. The molecule has 0 heterocycles. The Kier molecular flexibility index (Phi) is 7.13. The number of rotatable bonds is 8. The number of thioether (sulfide) groups is 1. The number of halogens is 1. The average molecular weight is 290 g/mol. The van der Waals surface area contributed by atoms with Crippen LogP contribution in [-0.4, -0.2) is 32.3 Å². The Hall–Kier alpha value is -0.740. The van der Waals surface area contributed by atoms with Crippen LogP contribution in [0.15, 0.2) is 12.1 Å². The fourth-order valence-corrected chi connectivity index (χ4v) is 2.41. The lowest BCUT2D eigenvalue weighted by molar-refractivity contribution is 0.404. The second-order valence-electron chi connectivity index (χ2n) is 3.66. The summed E-state index contributed by atoms with van der Waals surface area (Å²) in [4.78, 5) is 0. The highest BCUT2D eigenvalue weighted by atomic mass is 35.5. The Morgan fingerprint density at radius 3 is 2.56 bits per heavy atom. The van der Waals surface area contributed by atoms with Crippen LogP contribution in [-0.2, 0) is 0 Å². The minimum absolute atomic E-state index is 0.557. The monoisotopic (exact) mass is 289 g/mol. The number of hydrogen-bond donors (Lipinski definition) is 1. The van der Waals surface area contributed by atoms with E-state index >= 15 is 0 Å². The summed E-state index contributed by atoms with van der Waals surface area (Å²) in [5.74, 6) is 3.72. The zero-order chi connectivity index (χ0) is 13.4. The van der Waals surface area contributed by atoms with Crippen molar-refractivity contribution in [2.24, 2.45) is 0 Å². The molecule has 0 amide bonds. The van der Waals surface area contributed by atoms with E-state index in [4.69, 9.17) is 21.1 Å². The molecule has 1 N–H and O–H groups in total. The molecule has 1 aromatic rings. The Morgan fingerprint density at radius 1 is 1.22 bits per heavy atom. The van der Waals surface area contributed by atoms with Crippen molar-refractivity contribution in [1.82, 2.24) is 0 Å². The molecule has 1 aromatic carbocycles. The summed E-state index contributed by atoms with van der Waals surface area (Å²) in [6.07, 6.45) is 1.12. The van der Waals surface area contributed by atoms with Gasteiger partial charge in [-0.15, -0.1) is 0 Å². The first-order valence-corrected chi connectivity index (χ1v) is 7.49. The van der Waals surface area contributed by atoms with Gasteiger partial charge >= 0.3 is 0 Å². The second-order valence-corrected chi connectivity index (χ2v) is 5.47. The van der Waals surface area contributed by atoms with E-state index in [1.54, 1.807) is 20.3 Å². The zero-order valence-corrected chi connectivity index (χ0v) is 12.7. The van der Waals surface area contributed by atoms with Crippen LogP contribution in [0.3, 0.4) is 0 Å². The molecule has 3 nitrogen and oxygen atoms in total. The van der Waals surface area contributed by atoms with Gasteiger partial charge in [0.15, 0.2) is 0 Å². The quantitative estimate of drug-likeness (QED) is 0.735. The molecule has 0 saturated heterocycles. The summed E-state index contributed by atoms with van der Waals surface area (Å²) in [7, 11) is 3.24. The molecule has 0 unspecified atom stereocenters. The van der Waals surface area contributed by atoms with Gasteiger partial charge in [-0.2, -0.15) is 11.8 Å². The van der Waals surface area contributed by atoms with Crippen LogP contribution in [0.2, 0.25) is 5.02 Å². The number of nitrogens with one attached hydrogen (secondary N) is 1. The molecule has 0 aliphatic rings. The molecule has 0 saturated carbocycles. The smallest absolute Gasteiger partial charge is 0.143 e. The number of hydrogen-bond acceptors (Lipinski definition) is 4. The first-order chi connectivity index (χ1) is 8.72. The van der Waals surface area contributed by atoms with Gasteiger partial charge in [-0.05, 0) is 17.9 Å². The standard InChI is InChI=1S/C13H20ClNO2S/c1-4-18-7-5-6-15-11-9-12(16-2)10(14)8-13(11)17-3/h8-9,15H,4-7H2,1-3H3. The van der Waals surface area contributed by atoms with Crippen molar-refractivity contribution in [3.8, 4) is 11.5 Å². The van der Waals surface area contributed by atoms with Gasteiger partial charge in [0.1, 0.15) is 11.5 Å². The van der Waals surface area contributed by atoms with Gasteiger partial charge in [0, 0.05) is 18.7 Å². The predicted octanol–water partition coefficient (Wildman–Crippen LogP) is 3.91. The molecule has 0 aliphatic heterocycles. The van der Waals surface area contributed by atoms with Crippen LogP contribution in [0.4, 0.5) is 5.69 Å². The minimum atomic E-state index is 0.557. The third-order valence-electron chi connectivity index (χ3n) is 2.46. The normalized spacial score (nSPS) is 10.2. The van der Waals surface area contributed by atoms with Gasteiger partial charge in [0.05, 0.1) is 24.9 Å². The van der Waals surface area contributed by atoms with Crippen molar-refractivity contribution < 1.29 is 9.47 Å². The van der Waals surface area contributed by atoms with Crippen molar-refractivity contribution in [2.45, 2.75) is 13.3 Å². The molecular formula is C13H20ClNO2S. The summed E-state index contributed by atoms with van der Waals surface area (Å²) < 4.78 is 10.5. The summed E-state index contributed by atoms with van der Waals surface area (Å²) in [5.41, 5.74) is 0.917. The topological polar surface area (TPSA) is 30.5 Å². The first-order valence-electron chi connectivity index (χ1n) is 5.96. The van der Waals surface area contributed by atoms with Crippen molar-refractivity contribution in [2.75, 3.05) is 37.6 Å². The fourth-order valence-electron chi connectivity index (χ4n) is 1.54. The van der Waals surface area contributed by atoms with E-state index < -0.39 is 0 Å². The highest BCUT2D eigenvalue weighted by Gasteiger charge is 2.09. The Labute approximate surface area is 118 Å². The van der Waals surface area contributed by atoms with Gasteiger partial charge in [0.25, 0.3) is 0 Å². The van der Waals surface area contributed by atoms with Gasteiger partial charge < -0.3 is 14.8 Å². The van der Waals surface area contributed by atoms with Gasteiger partial charge in [-0.1, -0.05) is 18.5 Å². The minimum Gasteiger partial charge on any atom is -0.495 e. The van der Waals surface area contributed by atoms with Crippen molar-refractivity contribution in [1.29, 1.82) is 0 Å². The van der Waals surface area contributed by atoms with E-state index in [0.29, 0.717) is 10.8 Å². The summed E-state index contributed by atoms with van der Waals surface area (Å²) >= 11 is 7.99. The predicted molar refractivity (Wildman–Crippen MR) is 80.7 cm³/mol. The Morgan fingerprint density at radius 2 is 1.94 bits per heavy atom. The van der Waals surface area contributed by atoms with Gasteiger partial charge in [-0.3, -0.25) is 0 Å². The molecule has 0 fully saturated rings. The number of ether oxygens (including phenoxy) is 2. The highest BCUT2D eigenvalue weighted by Crippen LogP contribution is 2.35. The molecule has 102 valence electrons. The van der Waals surface area contributed by atoms with E-state index in [9.17, 15) is 0 Å². The lowest BCUT2D eigenvalue weighted by Gasteiger charge is -2.13. The van der Waals surface area contributed by atoms with Crippen LogP contribution in [0.5, 0.6) is 11.5 Å². The van der Waals surface area contributed by atoms with Crippen LogP contribution < -0.4 is 14.8 Å². The van der Waals surface area contributed by atoms with E-state index in [1.165, 1.54) is 0 Å². The fraction of sp³-hybridized carbons (Fsp3) is 0.538. The Bertz CT molecular complexity index is 374. The molecule has 0 spiro atoms. The highest BCUT2D eigenvalue weighted by molar-refractivity contribution is 7.99. The second kappa shape index (κ2) is 8.38. The lowest BCUT2D eigenvalue weighted by Crippen LogP contribution is -2.04. The van der Waals surface area contributed by atoms with E-state index in [2.05, 4.69) is 12.2 Å². The van der Waals surface area contributed by atoms with Crippen LogP contribution in [0, 0.1) is 0 Å². The first kappa shape index (κ1) is 15.3. The SMILES string of the molecule is CCSCCCNc1cc(OC)c(Cl)cc1OC. The van der Waals surface area contributed by atoms with Crippen molar-refractivity contribution in [3.63, 3.8) is 0 Å². The molecule has 0 aromatic heterocycles. The van der Waals surface area contributed by atoms with E-state index in [1.807, 2.05) is 17.8 Å². The maximum atomic E-state index is 6.05. The third-order valence-corrected chi connectivity index (χ3v) is 3.74. The zero-order valence-electron chi connectivity index (χ0n) is 11.1. The van der Waals surface area contributed by atoms with Gasteiger partial charge in [0.2, 0.25) is 0 Å². The molecule has 0 aliphatic carbocycles. The molecule has 18 heavy (non-hydrogen) atoms. The summed E-state index contributed by atoms with van der Waals surface area (Å²) in [5, 5.41) is 3.90. The van der Waals surface area contributed by atoms with Crippen LogP contribution >= 0.6 is 23.4 Å². The Balaban J connectivity index is 2.62. The van der Waals surface area contributed by atoms with E-state index in [-0.39, 0.29) is 0 Å². The summed E-state index contributed by atoms with van der Waals surface area (Å²) in [6, 6.07) is 3.64.